The number of rotatable bonds is 13. The van der Waals surface area contributed by atoms with Gasteiger partial charge in [-0.15, -0.1) is 0 Å². The number of hydrogen-bond acceptors (Lipinski definition) is 9. The zero-order valence-corrected chi connectivity index (χ0v) is 25.6. The van der Waals surface area contributed by atoms with Crippen LogP contribution in [-0.2, 0) is 0 Å². The molecule has 2 heterocycles. The lowest BCUT2D eigenvalue weighted by atomic mass is 10.1. The van der Waals surface area contributed by atoms with Crippen molar-refractivity contribution in [1.82, 2.24) is 9.80 Å². The minimum Gasteiger partial charge on any atom is -0.507 e. The van der Waals surface area contributed by atoms with Crippen LogP contribution in [-0.4, -0.2) is 96.0 Å². The number of piperidine rings is 2. The minimum atomic E-state index is -1.09. The second-order valence-corrected chi connectivity index (χ2v) is 11.5. The van der Waals surface area contributed by atoms with Crippen molar-refractivity contribution in [2.24, 2.45) is 9.98 Å². The van der Waals surface area contributed by atoms with Gasteiger partial charge in [0.25, 0.3) is 0 Å². The van der Waals surface area contributed by atoms with Crippen LogP contribution in [0.15, 0.2) is 64.6 Å². The third kappa shape index (κ3) is 9.54. The number of hydrogen-bond donors (Lipinski definition) is 3. The first-order chi connectivity index (χ1) is 21.9. The Bertz CT molecular complexity index is 1500. The Morgan fingerprint density at radius 1 is 0.667 bits per heavy atom. The fourth-order valence-electron chi connectivity index (χ4n) is 5.54. The number of aliphatic imine (C=N–C) groups is 2. The predicted octanol–water partition coefficient (Wildman–Crippen LogP) is 6.03. The van der Waals surface area contributed by atoms with E-state index in [1.54, 1.807) is 42.5 Å². The van der Waals surface area contributed by atoms with Crippen molar-refractivity contribution in [3.05, 3.63) is 71.3 Å². The minimum absolute atomic E-state index is 0.00294. The van der Waals surface area contributed by atoms with Crippen LogP contribution in [0.2, 0.25) is 0 Å². The van der Waals surface area contributed by atoms with Crippen LogP contribution in [0.4, 0.5) is 11.4 Å². The Kier molecular flexibility index (Phi) is 11.4. The highest BCUT2D eigenvalue weighted by Crippen LogP contribution is 2.31. The molecule has 0 unspecified atom stereocenters. The van der Waals surface area contributed by atoms with Gasteiger partial charge in [0.2, 0.25) is 0 Å². The zero-order chi connectivity index (χ0) is 31.4. The first-order valence-electron chi connectivity index (χ1n) is 15.8. The molecule has 2 aliphatic heterocycles. The quantitative estimate of drug-likeness (QED) is 0.199. The van der Waals surface area contributed by atoms with Gasteiger partial charge in [0.15, 0.2) is 0 Å². The number of carboxylic acids is 1. The van der Waals surface area contributed by atoms with Crippen LogP contribution in [0.25, 0.3) is 0 Å². The summed E-state index contributed by atoms with van der Waals surface area (Å²) in [5, 5.41) is 30.7. The van der Waals surface area contributed by atoms with E-state index in [0.29, 0.717) is 47.2 Å². The van der Waals surface area contributed by atoms with Gasteiger partial charge >= 0.3 is 5.97 Å². The van der Waals surface area contributed by atoms with Crippen molar-refractivity contribution in [3.8, 4) is 23.0 Å². The summed E-state index contributed by atoms with van der Waals surface area (Å²) in [6.45, 7) is 7.20. The fraction of sp³-hybridized carbons (Fsp3) is 0.400. The monoisotopic (exact) mass is 614 g/mol. The second kappa shape index (κ2) is 16.1. The molecule has 10 heteroatoms. The molecule has 5 rings (SSSR count). The van der Waals surface area contributed by atoms with E-state index in [1.165, 1.54) is 63.1 Å². The number of ether oxygens (including phenoxy) is 2. The van der Waals surface area contributed by atoms with Gasteiger partial charge in [-0.2, -0.15) is 0 Å². The Morgan fingerprint density at radius 3 is 1.62 bits per heavy atom. The SMILES string of the molecule is O=C(O)c1ccc(N=Cc2ccc(OCCN3CCCCC3)cc2O)c(N=Cc2ccc(OCCN3CCCCC3)cc2O)c1. The van der Waals surface area contributed by atoms with Crippen LogP contribution >= 0.6 is 0 Å². The lowest BCUT2D eigenvalue weighted by molar-refractivity contribution is 0.0697. The molecule has 2 fully saturated rings. The number of carboxylic acid groups (broad SMARTS) is 1. The molecule has 0 spiro atoms. The van der Waals surface area contributed by atoms with E-state index in [1.807, 2.05) is 0 Å². The number of benzene rings is 3. The van der Waals surface area contributed by atoms with Crippen molar-refractivity contribution in [2.75, 3.05) is 52.5 Å². The summed E-state index contributed by atoms with van der Waals surface area (Å²) in [5.41, 5.74) is 1.67. The molecule has 238 valence electrons. The molecular formula is C35H42N4O6. The molecule has 2 saturated heterocycles. The molecule has 3 aromatic rings. The lowest BCUT2D eigenvalue weighted by Gasteiger charge is -2.26. The molecule has 3 N–H and O–H groups in total. The van der Waals surface area contributed by atoms with Gasteiger partial charge in [-0.25, -0.2) is 4.79 Å². The van der Waals surface area contributed by atoms with Gasteiger partial charge in [0.05, 0.1) is 16.9 Å². The summed E-state index contributed by atoms with van der Waals surface area (Å²) in [6, 6.07) is 14.5. The number of aromatic hydroxyl groups is 2. The largest absolute Gasteiger partial charge is 0.507 e. The van der Waals surface area contributed by atoms with E-state index >= 15 is 0 Å². The van der Waals surface area contributed by atoms with E-state index in [-0.39, 0.29) is 17.1 Å². The van der Waals surface area contributed by atoms with Crippen molar-refractivity contribution in [2.45, 2.75) is 38.5 Å². The second-order valence-electron chi connectivity index (χ2n) is 11.5. The summed E-state index contributed by atoms with van der Waals surface area (Å²) in [5.74, 6) is 0.0693. The first-order valence-corrected chi connectivity index (χ1v) is 15.8. The van der Waals surface area contributed by atoms with Crippen LogP contribution in [0, 0.1) is 0 Å². The molecule has 10 nitrogen and oxygen atoms in total. The van der Waals surface area contributed by atoms with Crippen molar-refractivity contribution in [1.29, 1.82) is 0 Å². The van der Waals surface area contributed by atoms with Gasteiger partial charge in [0, 0.05) is 48.8 Å². The Morgan fingerprint density at radius 2 is 1.16 bits per heavy atom. The smallest absolute Gasteiger partial charge is 0.335 e. The van der Waals surface area contributed by atoms with E-state index in [9.17, 15) is 20.1 Å². The molecule has 2 aliphatic rings. The van der Waals surface area contributed by atoms with Gasteiger partial charge in [-0.1, -0.05) is 12.8 Å². The molecule has 0 aliphatic carbocycles. The summed E-state index contributed by atoms with van der Waals surface area (Å²) < 4.78 is 11.7. The maximum absolute atomic E-state index is 11.6. The van der Waals surface area contributed by atoms with Gasteiger partial charge in [-0.05, 0) is 94.3 Å². The zero-order valence-electron chi connectivity index (χ0n) is 25.6. The standard InChI is InChI=1S/C35H42N4O6/c40-33-22-29(44-19-17-38-13-3-1-4-14-38)10-7-27(33)24-36-31-12-9-26(35(42)43)21-32(31)37-25-28-8-11-30(23-34(28)41)45-20-18-39-15-5-2-6-16-39/h7-12,21-25,40-41H,1-6,13-20H2,(H,42,43). The number of phenols is 2. The first kappa shape index (κ1) is 32.0. The molecule has 0 amide bonds. The van der Waals surface area contributed by atoms with Gasteiger partial charge in [-0.3, -0.25) is 19.8 Å². The van der Waals surface area contributed by atoms with E-state index in [0.717, 1.165) is 39.3 Å². The maximum atomic E-state index is 11.6. The normalized spacial score (nSPS) is 16.4. The average Bonchev–Trinajstić information content (AvgIpc) is 3.05. The van der Waals surface area contributed by atoms with Gasteiger partial charge in [0.1, 0.15) is 36.2 Å². The van der Waals surface area contributed by atoms with E-state index < -0.39 is 5.97 Å². The Balaban J connectivity index is 1.23. The molecule has 0 saturated carbocycles. The predicted molar refractivity (Wildman–Crippen MR) is 176 cm³/mol. The van der Waals surface area contributed by atoms with Crippen LogP contribution < -0.4 is 9.47 Å². The average molecular weight is 615 g/mol. The number of likely N-dealkylation sites (tertiary alicyclic amines) is 2. The van der Waals surface area contributed by atoms with Gasteiger partial charge < -0.3 is 24.8 Å². The molecule has 3 aromatic carbocycles. The summed E-state index contributed by atoms with van der Waals surface area (Å²) in [6.07, 6.45) is 10.4. The number of carbonyl (C=O) groups is 1. The van der Waals surface area contributed by atoms with Crippen molar-refractivity contribution >= 4 is 29.8 Å². The Labute approximate surface area is 264 Å². The van der Waals surface area contributed by atoms with E-state index in [2.05, 4.69) is 19.8 Å². The highest BCUT2D eigenvalue weighted by Gasteiger charge is 2.12. The maximum Gasteiger partial charge on any atom is 0.335 e. The third-order valence-electron chi connectivity index (χ3n) is 8.16. The van der Waals surface area contributed by atoms with Crippen molar-refractivity contribution in [3.63, 3.8) is 0 Å². The lowest BCUT2D eigenvalue weighted by Crippen LogP contribution is -2.33. The molecule has 0 radical (unpaired) electrons. The highest BCUT2D eigenvalue weighted by atomic mass is 16.5. The summed E-state index contributed by atoms with van der Waals surface area (Å²) in [7, 11) is 0. The van der Waals surface area contributed by atoms with Crippen molar-refractivity contribution < 1.29 is 29.6 Å². The molecular weight excluding hydrogens is 572 g/mol. The molecule has 0 bridgehead atoms. The Hall–Kier alpha value is -4.41. The number of nitrogens with zero attached hydrogens (tertiary/aromatic N) is 4. The topological polar surface area (TPSA) is 127 Å². The fourth-order valence-corrected chi connectivity index (χ4v) is 5.54. The number of aromatic carboxylic acids is 1. The summed E-state index contributed by atoms with van der Waals surface area (Å²) in [4.78, 5) is 25.4. The third-order valence-corrected chi connectivity index (χ3v) is 8.16. The van der Waals surface area contributed by atoms with E-state index in [4.69, 9.17) is 9.47 Å². The molecule has 0 atom stereocenters. The highest BCUT2D eigenvalue weighted by molar-refractivity contribution is 5.93. The number of phenolic OH excluding ortho intramolecular Hbond substituents is 2. The van der Waals surface area contributed by atoms with Crippen LogP contribution in [0.1, 0.15) is 60.0 Å². The molecule has 0 aromatic heterocycles. The van der Waals surface area contributed by atoms with Crippen LogP contribution in [0.5, 0.6) is 23.0 Å². The summed E-state index contributed by atoms with van der Waals surface area (Å²) >= 11 is 0. The molecule has 45 heavy (non-hydrogen) atoms. The van der Waals surface area contributed by atoms with Crippen LogP contribution in [0.3, 0.4) is 0 Å².